The number of rotatable bonds is 10. The minimum atomic E-state index is -0.922. The van der Waals surface area contributed by atoms with E-state index < -0.39 is 29.3 Å². The number of amides is 3. The second kappa shape index (κ2) is 13.5. The molecule has 1 rings (SSSR count). The monoisotopic (exact) mass is 513 g/mol. The molecule has 1 aromatic carbocycles. The van der Waals surface area contributed by atoms with Crippen LogP contribution in [-0.2, 0) is 14.3 Å². The number of carbonyl (C=O) groups excluding carboxylic acids is 3. The highest BCUT2D eigenvalue weighted by Gasteiger charge is 2.42. The first kappa shape index (κ1) is 32.0. The number of carbonyl (C=O) groups is 3. The molecule has 206 valence electrons. The summed E-state index contributed by atoms with van der Waals surface area (Å²) in [6, 6.07) is 5.25. The van der Waals surface area contributed by atoms with Crippen LogP contribution in [0.4, 0.5) is 4.79 Å². The van der Waals surface area contributed by atoms with Crippen LogP contribution in [0.15, 0.2) is 24.3 Å². The molecule has 7 heteroatoms. The van der Waals surface area contributed by atoms with Crippen molar-refractivity contribution in [3.8, 4) is 12.3 Å². The van der Waals surface area contributed by atoms with E-state index in [1.807, 2.05) is 41.5 Å². The van der Waals surface area contributed by atoms with E-state index in [-0.39, 0.29) is 23.8 Å². The number of terminal acetylenes is 1. The molecule has 3 atom stereocenters. The molecule has 0 radical (unpaired) electrons. The Bertz CT molecular complexity index is 949. The van der Waals surface area contributed by atoms with Crippen LogP contribution in [0.25, 0.3) is 0 Å². The number of benzene rings is 1. The highest BCUT2D eigenvalue weighted by molar-refractivity contribution is 5.92. The number of nitrogens with one attached hydrogen (secondary N) is 2. The molecule has 0 saturated carbocycles. The summed E-state index contributed by atoms with van der Waals surface area (Å²) in [6.45, 7) is 18.9. The van der Waals surface area contributed by atoms with E-state index in [9.17, 15) is 14.4 Å². The lowest BCUT2D eigenvalue weighted by molar-refractivity contribution is -0.149. The Morgan fingerprint density at radius 2 is 1.57 bits per heavy atom. The zero-order valence-electron chi connectivity index (χ0n) is 24.4. The highest BCUT2D eigenvalue weighted by Crippen LogP contribution is 2.31. The van der Waals surface area contributed by atoms with Gasteiger partial charge in [-0.05, 0) is 84.9 Å². The number of alkyl carbamates (subject to hydrolysis) is 1. The number of ether oxygens (including phenoxy) is 1. The molecule has 0 bridgehead atoms. The Kier molecular flexibility index (Phi) is 11.7. The van der Waals surface area contributed by atoms with E-state index in [1.165, 1.54) is 0 Å². The van der Waals surface area contributed by atoms with E-state index in [2.05, 4.69) is 23.5 Å². The molecule has 0 spiro atoms. The SMILES string of the molecule is C#Cc1ccc(C(C(=O)NC(C)CCC)N(C(=O)C(CC(C)C)NC(=O)OC(C)(C)C)C(C)(C)C)cc1. The molecule has 0 fully saturated rings. The lowest BCUT2D eigenvalue weighted by atomic mass is 9.93. The van der Waals surface area contributed by atoms with Gasteiger partial charge in [0.1, 0.15) is 17.7 Å². The molecule has 1 aromatic rings. The third-order valence-electron chi connectivity index (χ3n) is 5.67. The summed E-state index contributed by atoms with van der Waals surface area (Å²) in [5.41, 5.74) is -0.136. The predicted octanol–water partition coefficient (Wildman–Crippen LogP) is 5.58. The van der Waals surface area contributed by atoms with Crippen molar-refractivity contribution in [2.75, 3.05) is 0 Å². The molecular weight excluding hydrogens is 466 g/mol. The standard InChI is InChI=1S/C30H47N3O4/c1-12-14-21(5)31-26(34)25(23-17-15-22(13-2)16-18-23)33(29(6,7)8)27(35)24(19-20(3)4)32-28(36)37-30(9,10)11/h2,15-18,20-21,24-25H,12,14,19H2,1,3-11H3,(H,31,34)(H,32,36). The first-order chi connectivity index (χ1) is 17.0. The Morgan fingerprint density at radius 3 is 2.00 bits per heavy atom. The van der Waals surface area contributed by atoms with Gasteiger partial charge in [-0.25, -0.2) is 4.79 Å². The molecule has 3 amide bonds. The lowest BCUT2D eigenvalue weighted by Crippen LogP contribution is -2.59. The molecule has 0 aliphatic heterocycles. The van der Waals surface area contributed by atoms with Crippen LogP contribution in [-0.4, -0.2) is 46.0 Å². The first-order valence-electron chi connectivity index (χ1n) is 13.2. The zero-order valence-corrected chi connectivity index (χ0v) is 24.4. The van der Waals surface area contributed by atoms with Crippen molar-refractivity contribution in [2.45, 2.75) is 118 Å². The van der Waals surface area contributed by atoms with Gasteiger partial charge in [0, 0.05) is 17.1 Å². The molecule has 0 heterocycles. The fourth-order valence-electron chi connectivity index (χ4n) is 4.16. The van der Waals surface area contributed by atoms with Gasteiger partial charge in [0.2, 0.25) is 11.8 Å². The van der Waals surface area contributed by atoms with Crippen molar-refractivity contribution >= 4 is 17.9 Å². The minimum absolute atomic E-state index is 0.0618. The van der Waals surface area contributed by atoms with Gasteiger partial charge >= 0.3 is 6.09 Å². The maximum Gasteiger partial charge on any atom is 0.408 e. The van der Waals surface area contributed by atoms with Crippen molar-refractivity contribution in [2.24, 2.45) is 5.92 Å². The molecular formula is C30H47N3O4. The van der Waals surface area contributed by atoms with Crippen LogP contribution in [0.1, 0.15) is 106 Å². The quantitative estimate of drug-likeness (QED) is 0.400. The van der Waals surface area contributed by atoms with Gasteiger partial charge in [-0.3, -0.25) is 9.59 Å². The second-order valence-electron chi connectivity index (χ2n) is 12.1. The number of nitrogens with zero attached hydrogens (tertiary/aromatic N) is 1. The van der Waals surface area contributed by atoms with E-state index in [4.69, 9.17) is 11.2 Å². The number of hydrogen-bond acceptors (Lipinski definition) is 4. The predicted molar refractivity (Wildman–Crippen MR) is 149 cm³/mol. The number of hydrogen-bond donors (Lipinski definition) is 2. The van der Waals surface area contributed by atoms with Crippen LogP contribution < -0.4 is 10.6 Å². The third kappa shape index (κ3) is 10.5. The molecule has 0 aromatic heterocycles. The fourth-order valence-corrected chi connectivity index (χ4v) is 4.16. The molecule has 7 nitrogen and oxygen atoms in total. The van der Waals surface area contributed by atoms with Gasteiger partial charge in [0.25, 0.3) is 0 Å². The molecule has 37 heavy (non-hydrogen) atoms. The van der Waals surface area contributed by atoms with E-state index in [0.717, 1.165) is 12.8 Å². The molecule has 3 unspecified atom stereocenters. The van der Waals surface area contributed by atoms with E-state index in [1.54, 1.807) is 49.9 Å². The summed E-state index contributed by atoms with van der Waals surface area (Å²) < 4.78 is 5.44. The van der Waals surface area contributed by atoms with Crippen LogP contribution >= 0.6 is 0 Å². The average Bonchev–Trinajstić information content (AvgIpc) is 2.74. The maximum atomic E-state index is 14.2. The Labute approximate surface area is 224 Å². The van der Waals surface area contributed by atoms with Gasteiger partial charge in [0.15, 0.2) is 0 Å². The van der Waals surface area contributed by atoms with Crippen molar-refractivity contribution in [3.05, 3.63) is 35.4 Å². The maximum absolute atomic E-state index is 14.2. The third-order valence-corrected chi connectivity index (χ3v) is 5.67. The van der Waals surface area contributed by atoms with Gasteiger partial charge < -0.3 is 20.3 Å². The Hall–Kier alpha value is -3.01. The van der Waals surface area contributed by atoms with Crippen LogP contribution in [0.5, 0.6) is 0 Å². The minimum Gasteiger partial charge on any atom is -0.444 e. The van der Waals surface area contributed by atoms with Crippen molar-refractivity contribution in [1.29, 1.82) is 0 Å². The average molecular weight is 514 g/mol. The van der Waals surface area contributed by atoms with Crippen molar-refractivity contribution in [3.63, 3.8) is 0 Å². The molecule has 2 N–H and O–H groups in total. The molecule has 0 aliphatic rings. The largest absolute Gasteiger partial charge is 0.444 e. The summed E-state index contributed by atoms with van der Waals surface area (Å²) in [5.74, 6) is 2.07. The van der Waals surface area contributed by atoms with Gasteiger partial charge in [-0.1, -0.05) is 45.2 Å². The topological polar surface area (TPSA) is 87.7 Å². The summed E-state index contributed by atoms with van der Waals surface area (Å²) in [7, 11) is 0. The van der Waals surface area contributed by atoms with Crippen LogP contribution in [0.3, 0.4) is 0 Å². The zero-order chi connectivity index (χ0) is 28.6. The van der Waals surface area contributed by atoms with Crippen molar-refractivity contribution < 1.29 is 19.1 Å². The van der Waals surface area contributed by atoms with Gasteiger partial charge in [-0.2, -0.15) is 0 Å². The fraction of sp³-hybridized carbons (Fsp3) is 0.633. The smallest absolute Gasteiger partial charge is 0.408 e. The van der Waals surface area contributed by atoms with E-state index in [0.29, 0.717) is 17.5 Å². The van der Waals surface area contributed by atoms with Gasteiger partial charge in [-0.15, -0.1) is 6.42 Å². The Morgan fingerprint density at radius 1 is 1.00 bits per heavy atom. The molecule has 0 aliphatic carbocycles. The van der Waals surface area contributed by atoms with Crippen LogP contribution in [0.2, 0.25) is 0 Å². The summed E-state index contributed by atoms with van der Waals surface area (Å²) in [4.78, 5) is 42.3. The van der Waals surface area contributed by atoms with E-state index >= 15 is 0 Å². The first-order valence-corrected chi connectivity index (χ1v) is 13.2. The summed E-state index contributed by atoms with van der Waals surface area (Å²) in [6.07, 6.45) is 6.99. The molecule has 0 saturated heterocycles. The highest BCUT2D eigenvalue weighted by atomic mass is 16.6. The second-order valence-corrected chi connectivity index (χ2v) is 12.1. The normalized spacial score (nSPS) is 14.2. The summed E-state index contributed by atoms with van der Waals surface area (Å²) in [5, 5.41) is 5.85. The lowest BCUT2D eigenvalue weighted by Gasteiger charge is -2.43. The Balaban J connectivity index is 3.59. The van der Waals surface area contributed by atoms with Crippen LogP contribution in [0, 0.1) is 18.3 Å². The van der Waals surface area contributed by atoms with Crippen molar-refractivity contribution in [1.82, 2.24) is 15.5 Å². The van der Waals surface area contributed by atoms with Gasteiger partial charge in [0.05, 0.1) is 0 Å². The summed E-state index contributed by atoms with van der Waals surface area (Å²) >= 11 is 0.